The van der Waals surface area contributed by atoms with Crippen LogP contribution in [0.15, 0.2) is 47.5 Å². The average molecular weight is 484 g/mol. The van der Waals surface area contributed by atoms with Crippen LogP contribution in [0.2, 0.25) is 0 Å². The van der Waals surface area contributed by atoms with Gasteiger partial charge in [-0.05, 0) is 6.42 Å². The van der Waals surface area contributed by atoms with Gasteiger partial charge in [0.2, 0.25) is 11.0 Å². The van der Waals surface area contributed by atoms with E-state index in [9.17, 15) is 0 Å². The van der Waals surface area contributed by atoms with Crippen molar-refractivity contribution < 1.29 is 13.9 Å². The Bertz CT molecular complexity index is 1150. The van der Waals surface area contributed by atoms with Gasteiger partial charge in [0.25, 0.3) is 0 Å². The molecule has 0 aliphatic carbocycles. The Labute approximate surface area is 204 Å². The SMILES string of the molecule is COCCc1sc[n+](CCCc2cn(CCc3sc[n+](Cc4ccccc4)c3C)nn2)c1C. The highest BCUT2D eigenvalue weighted by Gasteiger charge is 2.17. The van der Waals surface area contributed by atoms with Crippen LogP contribution in [0, 0.1) is 13.8 Å². The first-order chi connectivity index (χ1) is 16.1. The van der Waals surface area contributed by atoms with E-state index in [-0.39, 0.29) is 0 Å². The molecule has 0 amide bonds. The molecule has 0 radical (unpaired) electrons. The van der Waals surface area contributed by atoms with Crippen molar-refractivity contribution in [2.75, 3.05) is 13.7 Å². The van der Waals surface area contributed by atoms with Crippen LogP contribution in [-0.2, 0) is 43.6 Å². The maximum absolute atomic E-state index is 5.21. The molecule has 0 unspecified atom stereocenters. The fraction of sp³-hybridized carbons (Fsp3) is 0.440. The molecule has 6 nitrogen and oxygen atoms in total. The van der Waals surface area contributed by atoms with E-state index < -0.39 is 0 Å². The highest BCUT2D eigenvalue weighted by molar-refractivity contribution is 7.09. The first-order valence-electron chi connectivity index (χ1n) is 11.5. The molecule has 8 heteroatoms. The van der Waals surface area contributed by atoms with Gasteiger partial charge in [-0.3, -0.25) is 4.68 Å². The highest BCUT2D eigenvalue weighted by Crippen LogP contribution is 2.14. The van der Waals surface area contributed by atoms with Crippen LogP contribution in [-0.4, -0.2) is 28.7 Å². The number of benzene rings is 1. The number of hydrogen-bond donors (Lipinski definition) is 0. The summed E-state index contributed by atoms with van der Waals surface area (Å²) in [5.41, 5.74) is 9.57. The first kappa shape index (κ1) is 23.7. The maximum atomic E-state index is 5.21. The molecule has 4 rings (SSSR count). The van der Waals surface area contributed by atoms with E-state index in [1.165, 1.54) is 26.7 Å². The first-order valence-corrected chi connectivity index (χ1v) is 13.2. The van der Waals surface area contributed by atoms with Crippen LogP contribution in [0.4, 0.5) is 0 Å². The lowest BCUT2D eigenvalue weighted by Crippen LogP contribution is -2.35. The number of methoxy groups -OCH3 is 1. The molecule has 3 aromatic heterocycles. The third-order valence-corrected chi connectivity index (χ3v) is 8.32. The third-order valence-electron chi connectivity index (χ3n) is 6.03. The minimum Gasteiger partial charge on any atom is -0.384 e. The molecule has 33 heavy (non-hydrogen) atoms. The predicted octanol–water partition coefficient (Wildman–Crippen LogP) is 3.71. The minimum atomic E-state index is 0.780. The van der Waals surface area contributed by atoms with Crippen LogP contribution < -0.4 is 9.13 Å². The molecule has 0 aliphatic rings. The lowest BCUT2D eigenvalue weighted by molar-refractivity contribution is -0.698. The molecule has 0 saturated heterocycles. The maximum Gasteiger partial charge on any atom is 0.225 e. The van der Waals surface area contributed by atoms with Gasteiger partial charge in [-0.2, -0.15) is 9.13 Å². The molecule has 0 fully saturated rings. The highest BCUT2D eigenvalue weighted by atomic mass is 32.1. The summed E-state index contributed by atoms with van der Waals surface area (Å²) in [6.45, 7) is 7.99. The standard InChI is InChI=1S/C25H33N5OS2/c1-20-25(12-15-31-3)32-18-28(20)13-7-10-23-17-30(27-26-23)14-11-24-21(2)29(19-33-24)16-22-8-5-4-6-9-22/h4-6,8-9,17-19H,7,10-16H2,1-3H3/q+2. The number of aryl methyl sites for hydroxylation is 4. The van der Waals surface area contributed by atoms with Crippen LogP contribution in [0.1, 0.15) is 38.8 Å². The Hall–Kier alpha value is -2.42. The molecule has 0 atom stereocenters. The molecule has 174 valence electrons. The van der Waals surface area contributed by atoms with Gasteiger partial charge in [-0.1, -0.05) is 58.2 Å². The van der Waals surface area contributed by atoms with Gasteiger partial charge in [-0.15, -0.1) is 5.10 Å². The van der Waals surface area contributed by atoms with Crippen molar-refractivity contribution in [3.05, 3.63) is 79.9 Å². The number of nitrogens with zero attached hydrogens (tertiary/aromatic N) is 5. The summed E-state index contributed by atoms with van der Waals surface area (Å²) in [6, 6.07) is 10.6. The lowest BCUT2D eigenvalue weighted by atomic mass is 10.2. The summed E-state index contributed by atoms with van der Waals surface area (Å²) in [5.74, 6) is 0. The number of aromatic nitrogens is 5. The van der Waals surface area contributed by atoms with Gasteiger partial charge in [0.05, 0.1) is 22.1 Å². The van der Waals surface area contributed by atoms with Crippen LogP contribution >= 0.6 is 22.7 Å². The number of rotatable bonds is 12. The van der Waals surface area contributed by atoms with E-state index >= 15 is 0 Å². The summed E-state index contributed by atoms with van der Waals surface area (Å²) in [6.07, 6.45) is 6.09. The summed E-state index contributed by atoms with van der Waals surface area (Å²) in [7, 11) is 1.76. The van der Waals surface area contributed by atoms with Crippen molar-refractivity contribution in [3.63, 3.8) is 0 Å². The van der Waals surface area contributed by atoms with Gasteiger partial charge in [0, 0.05) is 58.5 Å². The lowest BCUT2D eigenvalue weighted by Gasteiger charge is -1.99. The molecule has 3 heterocycles. The Morgan fingerprint density at radius 3 is 2.45 bits per heavy atom. The molecule has 1 aromatic carbocycles. The van der Waals surface area contributed by atoms with Crippen molar-refractivity contribution >= 4 is 22.7 Å². The molecule has 0 aliphatic heterocycles. The zero-order chi connectivity index (χ0) is 23.0. The predicted molar refractivity (Wildman–Crippen MR) is 132 cm³/mol. The van der Waals surface area contributed by atoms with Crippen LogP contribution in [0.25, 0.3) is 0 Å². The Balaban J connectivity index is 1.25. The molecule has 0 spiro atoms. The summed E-state index contributed by atoms with van der Waals surface area (Å²) >= 11 is 3.66. The molecule has 4 aromatic rings. The van der Waals surface area contributed by atoms with Gasteiger partial charge in [-0.25, -0.2) is 0 Å². The zero-order valence-corrected chi connectivity index (χ0v) is 21.4. The van der Waals surface area contributed by atoms with Crippen LogP contribution in [0.5, 0.6) is 0 Å². The van der Waals surface area contributed by atoms with Crippen molar-refractivity contribution in [2.45, 2.75) is 59.2 Å². The number of thiazole rings is 2. The smallest absolute Gasteiger partial charge is 0.225 e. The van der Waals surface area contributed by atoms with E-state index in [0.29, 0.717) is 0 Å². The summed E-state index contributed by atoms with van der Waals surface area (Å²) < 4.78 is 11.9. The van der Waals surface area contributed by atoms with E-state index in [4.69, 9.17) is 4.74 Å². The number of hydrogen-bond acceptors (Lipinski definition) is 5. The van der Waals surface area contributed by atoms with Gasteiger partial charge in [0.15, 0.2) is 17.9 Å². The molecule has 0 bridgehead atoms. The minimum absolute atomic E-state index is 0.780. The largest absolute Gasteiger partial charge is 0.384 e. The zero-order valence-electron chi connectivity index (χ0n) is 19.7. The monoisotopic (exact) mass is 483 g/mol. The van der Waals surface area contributed by atoms with E-state index in [2.05, 4.69) is 80.8 Å². The number of ether oxygens (including phenoxy) is 1. The second kappa shape index (κ2) is 11.6. The van der Waals surface area contributed by atoms with E-state index in [1.54, 1.807) is 7.11 Å². The summed E-state index contributed by atoms with van der Waals surface area (Å²) in [4.78, 5) is 2.83. The van der Waals surface area contributed by atoms with Gasteiger partial charge >= 0.3 is 0 Å². The fourth-order valence-corrected chi connectivity index (χ4v) is 5.93. The summed E-state index contributed by atoms with van der Waals surface area (Å²) in [5, 5.41) is 8.76. The average Bonchev–Trinajstić information content (AvgIpc) is 3.52. The fourth-order valence-electron chi connectivity index (χ4n) is 3.94. The van der Waals surface area contributed by atoms with Gasteiger partial charge < -0.3 is 4.74 Å². The topological polar surface area (TPSA) is 47.7 Å². The Morgan fingerprint density at radius 1 is 0.939 bits per heavy atom. The quantitative estimate of drug-likeness (QED) is 0.289. The van der Waals surface area contributed by atoms with Crippen molar-refractivity contribution in [1.82, 2.24) is 15.0 Å². The second-order valence-electron chi connectivity index (χ2n) is 8.34. The normalized spacial score (nSPS) is 11.4. The molecule has 0 saturated carbocycles. The Kier molecular flexibility index (Phi) is 8.36. The third kappa shape index (κ3) is 6.34. The molecular weight excluding hydrogens is 450 g/mol. The van der Waals surface area contributed by atoms with Crippen molar-refractivity contribution in [1.29, 1.82) is 0 Å². The van der Waals surface area contributed by atoms with E-state index in [1.807, 2.05) is 27.4 Å². The molecular formula is C25H33N5OS2+2. The van der Waals surface area contributed by atoms with E-state index in [0.717, 1.165) is 57.6 Å². The van der Waals surface area contributed by atoms with Crippen molar-refractivity contribution in [2.24, 2.45) is 0 Å². The van der Waals surface area contributed by atoms with Gasteiger partial charge in [0.1, 0.15) is 6.54 Å². The van der Waals surface area contributed by atoms with Crippen LogP contribution in [0.3, 0.4) is 0 Å². The second-order valence-corrected chi connectivity index (χ2v) is 10.2. The molecule has 0 N–H and O–H groups in total. The van der Waals surface area contributed by atoms with Crippen molar-refractivity contribution in [3.8, 4) is 0 Å². The Morgan fingerprint density at radius 2 is 1.67 bits per heavy atom.